The van der Waals surface area contributed by atoms with Crippen LogP contribution in [0.3, 0.4) is 0 Å². The number of carbonyl (C=O) groups excluding carboxylic acids is 1. The molecule has 1 aromatic carbocycles. The average molecular weight is 529 g/mol. The highest BCUT2D eigenvalue weighted by atomic mass is 35.5. The standard InChI is InChI=1S/C22H34ClN7O4S/c1-30(2,13-11-26-22(31)18-20(24)29-21(25)19(23)28-18)12-7-6-10-27-35(5,32)17-9-8-15(33-3)14-16(17)34-4/h8-9,14H,5-7,10-13H2,1-4H3,(H5-,24,25,26,27,29,31,32)/p+1. The number of carbonyl (C=O) groups is 1. The van der Waals surface area contributed by atoms with Crippen LogP contribution in [0.2, 0.25) is 5.15 Å². The Morgan fingerprint density at radius 3 is 2.49 bits per heavy atom. The lowest BCUT2D eigenvalue weighted by molar-refractivity contribution is -0.889. The van der Waals surface area contributed by atoms with Crippen molar-refractivity contribution in [3.63, 3.8) is 0 Å². The first-order valence-electron chi connectivity index (χ1n) is 10.9. The molecule has 1 heterocycles. The second-order valence-electron chi connectivity index (χ2n) is 8.57. The Kier molecular flexibility index (Phi) is 9.95. The summed E-state index contributed by atoms with van der Waals surface area (Å²) in [4.78, 5) is 20.6. The van der Waals surface area contributed by atoms with Gasteiger partial charge >= 0.3 is 0 Å². The molecule has 2 aromatic rings. The molecule has 1 atom stereocenters. The van der Waals surface area contributed by atoms with Gasteiger partial charge in [0.05, 0.1) is 62.6 Å². The van der Waals surface area contributed by atoms with Crippen LogP contribution in [-0.2, 0) is 9.71 Å². The van der Waals surface area contributed by atoms with E-state index in [2.05, 4.69) is 40.0 Å². The van der Waals surface area contributed by atoms with Crippen molar-refractivity contribution < 1.29 is 23.0 Å². The van der Waals surface area contributed by atoms with Gasteiger partial charge in [-0.3, -0.25) is 4.79 Å². The summed E-state index contributed by atoms with van der Waals surface area (Å²) in [5.74, 6) is 4.40. The van der Waals surface area contributed by atoms with Gasteiger partial charge in [-0.1, -0.05) is 11.6 Å². The first kappa shape index (κ1) is 28.4. The second-order valence-corrected chi connectivity index (χ2v) is 11.0. The number of nitrogen functional groups attached to an aromatic ring is 2. The number of anilines is 2. The SMILES string of the molecule is C=S(=O)(NCCCC[N+](C)(C)CCNC(=O)c1nc(Cl)c(N)nc1N)c1ccc(OC)cc1OC. The molecule has 13 heteroatoms. The molecule has 194 valence electrons. The summed E-state index contributed by atoms with van der Waals surface area (Å²) < 4.78 is 27.4. The van der Waals surface area contributed by atoms with Crippen molar-refractivity contribution in [2.45, 2.75) is 17.7 Å². The Hall–Kier alpha value is -2.80. The molecule has 2 rings (SSSR count). The molecular formula is C22H35ClN7O4S+. The van der Waals surface area contributed by atoms with Crippen molar-refractivity contribution >= 4 is 44.7 Å². The van der Waals surface area contributed by atoms with Crippen LogP contribution in [0.4, 0.5) is 11.6 Å². The molecule has 1 unspecified atom stereocenters. The summed E-state index contributed by atoms with van der Waals surface area (Å²) in [6, 6.07) is 5.11. The second kappa shape index (κ2) is 12.2. The number of methoxy groups -OCH3 is 2. The number of hydrogen-bond donors (Lipinski definition) is 4. The number of quaternary nitrogens is 1. The maximum atomic E-state index is 13.1. The number of nitrogens with one attached hydrogen (secondary N) is 2. The number of unbranched alkanes of at least 4 members (excludes halogenated alkanes) is 1. The minimum Gasteiger partial charge on any atom is -0.497 e. The van der Waals surface area contributed by atoms with Gasteiger partial charge < -0.3 is 30.7 Å². The molecule has 35 heavy (non-hydrogen) atoms. The molecule has 0 aliphatic rings. The van der Waals surface area contributed by atoms with E-state index in [0.717, 1.165) is 19.4 Å². The van der Waals surface area contributed by atoms with Gasteiger partial charge in [-0.2, -0.15) is 0 Å². The summed E-state index contributed by atoms with van der Waals surface area (Å²) in [6.45, 7) is 2.49. The van der Waals surface area contributed by atoms with Gasteiger partial charge in [0.15, 0.2) is 22.5 Å². The molecule has 0 radical (unpaired) electrons. The zero-order chi connectivity index (χ0) is 26.2. The zero-order valence-electron chi connectivity index (χ0n) is 20.6. The highest BCUT2D eigenvalue weighted by molar-refractivity contribution is 7.98. The number of amides is 1. The molecule has 1 amide bonds. The van der Waals surface area contributed by atoms with Crippen LogP contribution in [0.25, 0.3) is 0 Å². The average Bonchev–Trinajstić information content (AvgIpc) is 2.80. The Bertz CT molecular complexity index is 1140. The van der Waals surface area contributed by atoms with E-state index in [1.807, 2.05) is 0 Å². The number of likely N-dealkylation sites (N-methyl/N-ethyl adjacent to an activating group) is 1. The van der Waals surface area contributed by atoms with Gasteiger partial charge in [0.2, 0.25) is 0 Å². The van der Waals surface area contributed by atoms with Gasteiger partial charge in [0.1, 0.15) is 11.5 Å². The summed E-state index contributed by atoms with van der Waals surface area (Å²) in [7, 11) is 4.49. The molecule has 0 saturated carbocycles. The normalized spacial score (nSPS) is 13.2. The predicted molar refractivity (Wildman–Crippen MR) is 140 cm³/mol. The molecular weight excluding hydrogens is 494 g/mol. The van der Waals surface area contributed by atoms with Gasteiger partial charge in [0, 0.05) is 12.6 Å². The first-order chi connectivity index (χ1) is 16.4. The summed E-state index contributed by atoms with van der Waals surface area (Å²) in [6.07, 6.45) is 1.68. The number of nitrogens with two attached hydrogens (primary N) is 2. The van der Waals surface area contributed by atoms with Gasteiger partial charge in [-0.25, -0.2) is 18.9 Å². The van der Waals surface area contributed by atoms with Crippen LogP contribution in [-0.4, -0.2) is 84.9 Å². The Morgan fingerprint density at radius 2 is 1.83 bits per heavy atom. The number of benzene rings is 1. The van der Waals surface area contributed by atoms with Crippen molar-refractivity contribution in [1.82, 2.24) is 20.0 Å². The van der Waals surface area contributed by atoms with E-state index >= 15 is 0 Å². The topological polar surface area (TPSA) is 154 Å². The fourth-order valence-corrected chi connectivity index (χ4v) is 4.81. The fourth-order valence-electron chi connectivity index (χ4n) is 3.30. The van der Waals surface area contributed by atoms with Crippen LogP contribution in [0.5, 0.6) is 11.5 Å². The highest BCUT2D eigenvalue weighted by Crippen LogP contribution is 2.28. The highest BCUT2D eigenvalue weighted by Gasteiger charge is 2.19. The zero-order valence-corrected chi connectivity index (χ0v) is 22.2. The number of nitrogens with zero attached hydrogens (tertiary/aromatic N) is 3. The number of aromatic nitrogens is 2. The first-order valence-corrected chi connectivity index (χ1v) is 13.0. The van der Waals surface area contributed by atoms with Crippen LogP contribution in [0.1, 0.15) is 23.3 Å². The third-order valence-electron chi connectivity index (χ3n) is 5.37. The number of hydrogen-bond acceptors (Lipinski definition) is 8. The van der Waals surface area contributed by atoms with E-state index in [4.69, 9.17) is 32.5 Å². The lowest BCUT2D eigenvalue weighted by Gasteiger charge is -2.30. The van der Waals surface area contributed by atoms with Crippen molar-refractivity contribution in [2.75, 3.05) is 66.0 Å². The third-order valence-corrected chi connectivity index (χ3v) is 7.37. The molecule has 0 aliphatic carbocycles. The minimum absolute atomic E-state index is 0.0224. The molecule has 0 bridgehead atoms. The molecule has 6 N–H and O–H groups in total. The van der Waals surface area contributed by atoms with Crippen LogP contribution in [0.15, 0.2) is 23.1 Å². The summed E-state index contributed by atoms with van der Waals surface area (Å²) >= 11 is 5.83. The predicted octanol–water partition coefficient (Wildman–Crippen LogP) is 1.18. The van der Waals surface area contributed by atoms with E-state index in [1.54, 1.807) is 25.3 Å². The van der Waals surface area contributed by atoms with Crippen molar-refractivity contribution in [3.8, 4) is 11.5 Å². The lowest BCUT2D eigenvalue weighted by Crippen LogP contribution is -2.46. The molecule has 0 fully saturated rings. The van der Waals surface area contributed by atoms with Crippen LogP contribution in [0, 0.1) is 0 Å². The molecule has 0 aliphatic heterocycles. The Balaban J connectivity index is 1.77. The van der Waals surface area contributed by atoms with Gasteiger partial charge in [-0.15, -0.1) is 0 Å². The number of rotatable bonds is 13. The van der Waals surface area contributed by atoms with Crippen molar-refractivity contribution in [3.05, 3.63) is 29.0 Å². The fraction of sp³-hybridized carbons (Fsp3) is 0.455. The quantitative estimate of drug-likeness (QED) is 0.172. The molecule has 0 saturated heterocycles. The smallest absolute Gasteiger partial charge is 0.273 e. The maximum absolute atomic E-state index is 13.1. The van der Waals surface area contributed by atoms with E-state index in [-0.39, 0.29) is 22.5 Å². The summed E-state index contributed by atoms with van der Waals surface area (Å²) in [5, 5.41) is 2.72. The summed E-state index contributed by atoms with van der Waals surface area (Å²) in [5.41, 5.74) is 11.2. The Morgan fingerprint density at radius 1 is 1.11 bits per heavy atom. The van der Waals surface area contributed by atoms with E-state index in [9.17, 15) is 9.00 Å². The molecule has 1 aromatic heterocycles. The number of ether oxygens (including phenoxy) is 2. The van der Waals surface area contributed by atoms with Crippen molar-refractivity contribution in [1.29, 1.82) is 0 Å². The minimum atomic E-state index is -2.73. The monoisotopic (exact) mass is 528 g/mol. The van der Waals surface area contributed by atoms with Crippen LogP contribution >= 0.6 is 11.6 Å². The van der Waals surface area contributed by atoms with E-state index < -0.39 is 15.6 Å². The third kappa shape index (κ3) is 8.13. The van der Waals surface area contributed by atoms with Crippen molar-refractivity contribution in [2.24, 2.45) is 0 Å². The Labute approximate surface area is 211 Å². The lowest BCUT2D eigenvalue weighted by atomic mass is 10.2. The maximum Gasteiger partial charge on any atom is 0.273 e. The van der Waals surface area contributed by atoms with Crippen LogP contribution < -0.4 is 31.0 Å². The number of halogens is 1. The van der Waals surface area contributed by atoms with Gasteiger partial charge in [-0.05, 0) is 30.8 Å². The van der Waals surface area contributed by atoms with E-state index in [1.165, 1.54) is 7.11 Å². The molecule has 0 spiro atoms. The van der Waals surface area contributed by atoms with E-state index in [0.29, 0.717) is 40.5 Å². The van der Waals surface area contributed by atoms with Gasteiger partial charge in [0.25, 0.3) is 5.91 Å². The largest absolute Gasteiger partial charge is 0.497 e. The molecule has 11 nitrogen and oxygen atoms in total.